The fourth-order valence-electron chi connectivity index (χ4n) is 2.02. The summed E-state index contributed by atoms with van der Waals surface area (Å²) in [6.07, 6.45) is 2.98. The lowest BCUT2D eigenvalue weighted by atomic mass is 10.1. The molecular formula is C9H16O3. The largest absolute Gasteiger partial charge is 0.396 e. The zero-order chi connectivity index (χ0) is 8.82. The Hall–Kier alpha value is -0.120. The highest BCUT2D eigenvalue weighted by atomic mass is 16.8. The number of rotatable bonds is 2. The van der Waals surface area contributed by atoms with Crippen LogP contribution in [-0.4, -0.2) is 29.2 Å². The fraction of sp³-hybridized carbons (Fsp3) is 1.00. The normalized spacial score (nSPS) is 35.8. The second-order valence-electron chi connectivity index (χ2n) is 4.19. The van der Waals surface area contributed by atoms with Crippen LogP contribution in [0.3, 0.4) is 0 Å². The smallest absolute Gasteiger partial charge is 0.164 e. The molecule has 3 nitrogen and oxygen atoms in total. The summed E-state index contributed by atoms with van der Waals surface area (Å²) in [6, 6.07) is 0. The molecule has 0 aromatic carbocycles. The van der Waals surface area contributed by atoms with E-state index in [9.17, 15) is 0 Å². The minimum Gasteiger partial charge on any atom is -0.396 e. The Labute approximate surface area is 72.7 Å². The van der Waals surface area contributed by atoms with Crippen molar-refractivity contribution in [2.75, 3.05) is 6.61 Å². The van der Waals surface area contributed by atoms with Gasteiger partial charge in [0.25, 0.3) is 0 Å². The van der Waals surface area contributed by atoms with Crippen LogP contribution in [0, 0.1) is 0 Å². The highest BCUT2D eigenvalue weighted by Crippen LogP contribution is 2.53. The van der Waals surface area contributed by atoms with E-state index in [0.717, 1.165) is 12.8 Å². The lowest BCUT2D eigenvalue weighted by Crippen LogP contribution is -2.25. The van der Waals surface area contributed by atoms with Gasteiger partial charge in [0, 0.05) is 6.61 Å². The van der Waals surface area contributed by atoms with Crippen molar-refractivity contribution < 1.29 is 14.6 Å². The molecule has 1 atom stereocenters. The minimum absolute atomic E-state index is 0.0355. The first-order valence-electron chi connectivity index (χ1n) is 4.57. The van der Waals surface area contributed by atoms with Crippen molar-refractivity contribution in [3.8, 4) is 0 Å². The van der Waals surface area contributed by atoms with E-state index < -0.39 is 5.79 Å². The van der Waals surface area contributed by atoms with Gasteiger partial charge < -0.3 is 14.6 Å². The zero-order valence-corrected chi connectivity index (χ0v) is 7.67. The molecule has 2 aliphatic rings. The molecule has 1 aliphatic carbocycles. The Morgan fingerprint density at radius 1 is 1.42 bits per heavy atom. The van der Waals surface area contributed by atoms with E-state index >= 15 is 0 Å². The van der Waals surface area contributed by atoms with Crippen LogP contribution in [0.25, 0.3) is 0 Å². The van der Waals surface area contributed by atoms with E-state index in [1.165, 1.54) is 0 Å². The van der Waals surface area contributed by atoms with Crippen LogP contribution in [0.5, 0.6) is 0 Å². The Morgan fingerprint density at radius 3 is 2.58 bits per heavy atom. The second kappa shape index (κ2) is 2.44. The average Bonchev–Trinajstić information content (AvgIpc) is 2.61. The molecule has 70 valence electrons. The molecular weight excluding hydrogens is 156 g/mol. The first kappa shape index (κ1) is 8.48. The van der Waals surface area contributed by atoms with Crippen LogP contribution >= 0.6 is 0 Å². The van der Waals surface area contributed by atoms with Gasteiger partial charge in [-0.15, -0.1) is 0 Å². The van der Waals surface area contributed by atoms with Gasteiger partial charge in [0.05, 0.1) is 11.7 Å². The van der Waals surface area contributed by atoms with Crippen molar-refractivity contribution in [2.45, 2.75) is 50.6 Å². The van der Waals surface area contributed by atoms with Crippen molar-refractivity contribution in [2.24, 2.45) is 0 Å². The van der Waals surface area contributed by atoms with Crippen LogP contribution in [0.2, 0.25) is 0 Å². The molecule has 0 radical (unpaired) electrons. The molecule has 1 N–H and O–H groups in total. The monoisotopic (exact) mass is 172 g/mol. The van der Waals surface area contributed by atoms with E-state index in [4.69, 9.17) is 14.6 Å². The highest BCUT2D eigenvalue weighted by Gasteiger charge is 2.60. The standard InChI is InChI=1S/C9H16O3/c1-8(2)11-7(3-6-10)9(12-8)4-5-9/h7,10H,3-6H2,1-2H3. The highest BCUT2D eigenvalue weighted by molar-refractivity contribution is 5.07. The summed E-state index contributed by atoms with van der Waals surface area (Å²) in [5.41, 5.74) is -0.0355. The lowest BCUT2D eigenvalue weighted by Gasteiger charge is -2.16. The molecule has 12 heavy (non-hydrogen) atoms. The van der Waals surface area contributed by atoms with E-state index in [0.29, 0.717) is 6.42 Å². The first-order valence-corrected chi connectivity index (χ1v) is 4.57. The molecule has 0 aromatic rings. The van der Waals surface area contributed by atoms with E-state index in [1.807, 2.05) is 13.8 Å². The Kier molecular flexibility index (Phi) is 1.72. The number of aliphatic hydroxyl groups is 1. The summed E-state index contributed by atoms with van der Waals surface area (Å²) in [4.78, 5) is 0. The van der Waals surface area contributed by atoms with Gasteiger partial charge in [-0.2, -0.15) is 0 Å². The van der Waals surface area contributed by atoms with Gasteiger partial charge in [-0.25, -0.2) is 0 Å². The van der Waals surface area contributed by atoms with E-state index in [2.05, 4.69) is 0 Å². The molecule has 1 unspecified atom stereocenters. The third kappa shape index (κ3) is 1.26. The van der Waals surface area contributed by atoms with E-state index in [1.54, 1.807) is 0 Å². The predicted molar refractivity (Wildman–Crippen MR) is 43.7 cm³/mol. The predicted octanol–water partition coefficient (Wildman–Crippen LogP) is 1.05. The summed E-state index contributed by atoms with van der Waals surface area (Å²) in [5.74, 6) is -0.448. The lowest BCUT2D eigenvalue weighted by molar-refractivity contribution is -0.150. The van der Waals surface area contributed by atoms with E-state index in [-0.39, 0.29) is 18.3 Å². The average molecular weight is 172 g/mol. The molecule has 1 saturated carbocycles. The second-order valence-corrected chi connectivity index (χ2v) is 4.19. The molecule has 1 aliphatic heterocycles. The van der Waals surface area contributed by atoms with Crippen LogP contribution in [0.4, 0.5) is 0 Å². The van der Waals surface area contributed by atoms with Crippen LogP contribution in [0.15, 0.2) is 0 Å². The SMILES string of the molecule is CC1(C)OC(CCO)C2(CC2)O1. The van der Waals surface area contributed by atoms with Gasteiger partial charge >= 0.3 is 0 Å². The van der Waals surface area contributed by atoms with Gasteiger partial charge in [-0.1, -0.05) is 0 Å². The molecule has 2 rings (SSSR count). The molecule has 0 aromatic heterocycles. The molecule has 1 heterocycles. The summed E-state index contributed by atoms with van der Waals surface area (Å²) >= 11 is 0. The molecule has 0 amide bonds. The number of ether oxygens (including phenoxy) is 2. The van der Waals surface area contributed by atoms with Crippen molar-refractivity contribution >= 4 is 0 Å². The summed E-state index contributed by atoms with van der Waals surface area (Å²) in [5, 5.41) is 8.82. The summed E-state index contributed by atoms with van der Waals surface area (Å²) < 4.78 is 11.5. The first-order chi connectivity index (χ1) is 5.58. The topological polar surface area (TPSA) is 38.7 Å². The summed E-state index contributed by atoms with van der Waals surface area (Å²) in [7, 11) is 0. The van der Waals surface area contributed by atoms with Gasteiger partial charge in [0.1, 0.15) is 0 Å². The maximum atomic E-state index is 8.82. The summed E-state index contributed by atoms with van der Waals surface area (Å²) in [6.45, 7) is 4.06. The fourth-order valence-corrected chi connectivity index (χ4v) is 2.02. The van der Waals surface area contributed by atoms with Gasteiger partial charge in [0.15, 0.2) is 5.79 Å². The third-order valence-electron chi connectivity index (χ3n) is 2.60. The van der Waals surface area contributed by atoms with Gasteiger partial charge in [-0.05, 0) is 33.1 Å². The quantitative estimate of drug-likeness (QED) is 0.676. The van der Waals surface area contributed by atoms with Crippen molar-refractivity contribution in [3.05, 3.63) is 0 Å². The maximum Gasteiger partial charge on any atom is 0.164 e. The Bertz CT molecular complexity index is 184. The maximum absolute atomic E-state index is 8.82. The zero-order valence-electron chi connectivity index (χ0n) is 7.67. The molecule has 3 heteroatoms. The van der Waals surface area contributed by atoms with Crippen molar-refractivity contribution in [3.63, 3.8) is 0 Å². The molecule has 1 saturated heterocycles. The van der Waals surface area contributed by atoms with Gasteiger partial charge in [0.2, 0.25) is 0 Å². The van der Waals surface area contributed by atoms with Crippen molar-refractivity contribution in [1.29, 1.82) is 0 Å². The van der Waals surface area contributed by atoms with Gasteiger partial charge in [-0.3, -0.25) is 0 Å². The Balaban J connectivity index is 2.05. The molecule has 0 bridgehead atoms. The van der Waals surface area contributed by atoms with Crippen LogP contribution in [-0.2, 0) is 9.47 Å². The van der Waals surface area contributed by atoms with Crippen molar-refractivity contribution in [1.82, 2.24) is 0 Å². The molecule has 2 fully saturated rings. The third-order valence-corrected chi connectivity index (χ3v) is 2.60. The Morgan fingerprint density at radius 2 is 2.08 bits per heavy atom. The number of hydrogen-bond acceptors (Lipinski definition) is 3. The van der Waals surface area contributed by atoms with Crippen LogP contribution in [0.1, 0.15) is 33.1 Å². The van der Waals surface area contributed by atoms with Crippen LogP contribution < -0.4 is 0 Å². The number of hydrogen-bond donors (Lipinski definition) is 1. The number of aliphatic hydroxyl groups excluding tert-OH is 1. The molecule has 1 spiro atoms. The minimum atomic E-state index is -0.448.